The molecule has 74 valence electrons. The van der Waals surface area contributed by atoms with Crippen molar-refractivity contribution in [2.75, 3.05) is 20.6 Å². The van der Waals surface area contributed by atoms with Gasteiger partial charge < -0.3 is 4.90 Å². The van der Waals surface area contributed by atoms with Crippen molar-refractivity contribution in [2.24, 2.45) is 4.99 Å². The van der Waals surface area contributed by atoms with Crippen molar-refractivity contribution in [3.8, 4) is 0 Å². The Hall–Kier alpha value is 0.630. The monoisotopic (exact) mass is 215 g/mol. The molecule has 0 spiro atoms. The summed E-state index contributed by atoms with van der Waals surface area (Å²) in [7, 11) is 4.12. The molecule has 13 heavy (non-hydrogen) atoms. The first-order chi connectivity index (χ1) is 5.16. The van der Waals surface area contributed by atoms with Gasteiger partial charge in [-0.2, -0.15) is 0 Å². The van der Waals surface area contributed by atoms with Crippen molar-refractivity contribution in [2.45, 2.75) is 25.8 Å². The van der Waals surface area contributed by atoms with Crippen LogP contribution in [0.3, 0.4) is 0 Å². The van der Waals surface area contributed by atoms with Gasteiger partial charge in [0, 0.05) is 0 Å². The van der Waals surface area contributed by atoms with Crippen LogP contribution in [0.1, 0.15) is 19.8 Å². The molecular formula is C8H19ClN3Na. The first-order valence-electron chi connectivity index (χ1n) is 3.93. The van der Waals surface area contributed by atoms with Crippen LogP contribution in [0.2, 0.25) is 0 Å². The molecule has 3 nitrogen and oxygen atoms in total. The molecule has 0 saturated heterocycles. The number of nitrogens with zero attached hydrogens (tertiary/aromatic N) is 2. The molecule has 0 bridgehead atoms. The van der Waals surface area contributed by atoms with Gasteiger partial charge in [-0.25, -0.2) is 10.4 Å². The minimum atomic E-state index is 0. The van der Waals surface area contributed by atoms with Crippen molar-refractivity contribution in [1.29, 1.82) is 5.41 Å². The molecule has 1 atom stereocenters. The van der Waals surface area contributed by atoms with Crippen LogP contribution in [0.25, 0.3) is 0 Å². The summed E-state index contributed by atoms with van der Waals surface area (Å²) in [4.78, 5) is 5.97. The van der Waals surface area contributed by atoms with Gasteiger partial charge in [-0.3, -0.25) is 0 Å². The van der Waals surface area contributed by atoms with Gasteiger partial charge in [0.05, 0.1) is 12.1 Å². The summed E-state index contributed by atoms with van der Waals surface area (Å²) in [5.41, 5.74) is 0. The van der Waals surface area contributed by atoms with Crippen molar-refractivity contribution in [1.82, 2.24) is 4.90 Å². The third kappa shape index (κ3) is 15.4. The van der Waals surface area contributed by atoms with E-state index in [1.807, 2.05) is 6.92 Å². The van der Waals surface area contributed by atoms with Gasteiger partial charge in [0.15, 0.2) is 0 Å². The van der Waals surface area contributed by atoms with Crippen molar-refractivity contribution < 1.29 is 0 Å². The Morgan fingerprint density at radius 2 is 2.00 bits per heavy atom. The second-order valence-electron chi connectivity index (χ2n) is 3.04. The van der Waals surface area contributed by atoms with Crippen LogP contribution in [0.4, 0.5) is 0 Å². The predicted octanol–water partition coefficient (Wildman–Crippen LogP) is 1.24. The van der Waals surface area contributed by atoms with Crippen LogP contribution < -0.4 is 0 Å². The Morgan fingerprint density at radius 1 is 1.46 bits per heavy atom. The number of nitrogens with one attached hydrogen (secondary N) is 1. The van der Waals surface area contributed by atoms with E-state index in [-0.39, 0.29) is 48.0 Å². The molecule has 0 radical (unpaired) electrons. The molecule has 0 aromatic carbocycles. The van der Waals surface area contributed by atoms with Gasteiger partial charge in [0.2, 0.25) is 0 Å². The van der Waals surface area contributed by atoms with Crippen molar-refractivity contribution in [3.05, 3.63) is 0 Å². The van der Waals surface area contributed by atoms with Crippen molar-refractivity contribution in [3.63, 3.8) is 0 Å². The quantitative estimate of drug-likeness (QED) is 0.544. The van der Waals surface area contributed by atoms with Crippen LogP contribution >= 0.6 is 12.4 Å². The maximum atomic E-state index is 6.63. The maximum absolute atomic E-state index is 6.63. The Bertz CT molecular complexity index is 146. The summed E-state index contributed by atoms with van der Waals surface area (Å²) in [5.74, 6) is 0. The molecule has 0 aliphatic rings. The van der Waals surface area contributed by atoms with Crippen molar-refractivity contribution >= 4 is 48.0 Å². The van der Waals surface area contributed by atoms with E-state index in [0.29, 0.717) is 0 Å². The van der Waals surface area contributed by atoms with Gasteiger partial charge in [-0.15, -0.1) is 12.4 Å². The van der Waals surface area contributed by atoms with Gasteiger partial charge in [-0.05, 0) is 40.4 Å². The standard InChI is InChI=1S/C8H17N3.ClH.Na.H/c1-8(10-7-9)5-4-6-11(2)3;;;/h8-9H,4-6H2,1-3H3;1H;;. The summed E-state index contributed by atoms with van der Waals surface area (Å²) >= 11 is 0. The fourth-order valence-corrected chi connectivity index (χ4v) is 0.878. The van der Waals surface area contributed by atoms with Crippen LogP contribution in [-0.2, 0) is 0 Å². The summed E-state index contributed by atoms with van der Waals surface area (Å²) in [6.45, 7) is 3.11. The van der Waals surface area contributed by atoms with E-state index < -0.39 is 0 Å². The second-order valence-corrected chi connectivity index (χ2v) is 3.04. The van der Waals surface area contributed by atoms with Crippen LogP contribution in [0.15, 0.2) is 4.99 Å². The predicted molar refractivity (Wildman–Crippen MR) is 61.8 cm³/mol. The van der Waals surface area contributed by atoms with E-state index in [2.05, 4.69) is 30.0 Å². The molecule has 0 fully saturated rings. The summed E-state index contributed by atoms with van der Waals surface area (Å²) < 4.78 is 0. The van der Waals surface area contributed by atoms with E-state index >= 15 is 0 Å². The number of hydrogen-bond acceptors (Lipinski definition) is 3. The molecule has 0 aromatic heterocycles. The molecule has 0 saturated carbocycles. The average Bonchev–Trinajstić information content (AvgIpc) is 1.87. The van der Waals surface area contributed by atoms with E-state index in [4.69, 9.17) is 5.41 Å². The number of halogens is 1. The molecule has 0 aliphatic heterocycles. The van der Waals surface area contributed by atoms with Gasteiger partial charge in [0.25, 0.3) is 0 Å². The average molecular weight is 216 g/mol. The normalized spacial score (nSPS) is 10.8. The molecule has 0 rings (SSSR count). The summed E-state index contributed by atoms with van der Waals surface area (Å²) in [5, 5.41) is 6.63. The van der Waals surface area contributed by atoms with E-state index in [1.165, 1.54) is 0 Å². The molecule has 1 unspecified atom stereocenters. The molecule has 0 heterocycles. The topological polar surface area (TPSA) is 39.5 Å². The summed E-state index contributed by atoms with van der Waals surface area (Å²) in [6.07, 6.45) is 2.18. The van der Waals surface area contributed by atoms with Gasteiger partial charge in [0.1, 0.15) is 0 Å². The SMILES string of the molecule is CC(CCCN(C)C)N=C=N.Cl.[NaH]. The van der Waals surface area contributed by atoms with Crippen LogP contribution in [-0.4, -0.2) is 67.1 Å². The zero-order valence-corrected chi connectivity index (χ0v) is 8.82. The Labute approximate surface area is 109 Å². The zero-order valence-electron chi connectivity index (χ0n) is 8.00. The van der Waals surface area contributed by atoms with Crippen LogP contribution in [0.5, 0.6) is 0 Å². The fourth-order valence-electron chi connectivity index (χ4n) is 0.878. The zero-order chi connectivity index (χ0) is 8.69. The number of rotatable bonds is 5. The van der Waals surface area contributed by atoms with Gasteiger partial charge in [-0.1, -0.05) is 0 Å². The number of hydrogen-bond donors (Lipinski definition) is 1. The summed E-state index contributed by atoms with van der Waals surface area (Å²) in [6, 6.07) is 2.32. The fraction of sp³-hybridized carbons (Fsp3) is 0.875. The Kier molecular flexibility index (Phi) is 18.7. The molecule has 0 aromatic rings. The molecule has 0 aliphatic carbocycles. The second kappa shape index (κ2) is 12.6. The Balaban J connectivity index is -0.000000500. The first-order valence-corrected chi connectivity index (χ1v) is 3.93. The first kappa shape index (κ1) is 19.2. The third-order valence-corrected chi connectivity index (χ3v) is 1.51. The van der Waals surface area contributed by atoms with E-state index in [0.717, 1.165) is 19.4 Å². The minimum absolute atomic E-state index is 0. The molecule has 5 heteroatoms. The van der Waals surface area contributed by atoms with E-state index in [1.54, 1.807) is 0 Å². The van der Waals surface area contributed by atoms with Gasteiger partial charge >= 0.3 is 29.6 Å². The van der Waals surface area contributed by atoms with E-state index in [9.17, 15) is 0 Å². The molecule has 0 amide bonds. The molecule has 1 N–H and O–H groups in total. The Morgan fingerprint density at radius 3 is 2.38 bits per heavy atom. The van der Waals surface area contributed by atoms with Crippen LogP contribution in [0, 0.1) is 5.41 Å². The number of aliphatic imine (C=N–C) groups is 1. The third-order valence-electron chi connectivity index (χ3n) is 1.51. The molecular weight excluding hydrogens is 197 g/mol.